The van der Waals surface area contributed by atoms with Crippen LogP contribution in [0.5, 0.6) is 0 Å². The Morgan fingerprint density at radius 2 is 1.81 bits per heavy atom. The van der Waals surface area contributed by atoms with Gasteiger partial charge in [0, 0.05) is 4.88 Å². The van der Waals surface area contributed by atoms with E-state index in [-0.39, 0.29) is 0 Å². The molecule has 2 aromatic heterocycles. The molecule has 0 atom stereocenters. The maximum Gasteiger partial charge on any atom is 0.188 e. The Kier molecular flexibility index (Phi) is 4.86. The molecular formula is C15H19N5S. The fourth-order valence-corrected chi connectivity index (χ4v) is 3.19. The lowest BCUT2D eigenvalue weighted by Gasteiger charge is -2.10. The average Bonchev–Trinajstić information content (AvgIpc) is 2.86. The molecule has 0 unspecified atom stereocenters. The van der Waals surface area contributed by atoms with Crippen molar-refractivity contribution in [2.75, 3.05) is 5.32 Å². The number of anilines is 2. The molecule has 0 radical (unpaired) electrons. The first-order valence-electron chi connectivity index (χ1n) is 7.16. The van der Waals surface area contributed by atoms with E-state index in [2.05, 4.69) is 40.4 Å². The van der Waals surface area contributed by atoms with Crippen molar-refractivity contribution in [3.8, 4) is 6.07 Å². The summed E-state index contributed by atoms with van der Waals surface area (Å²) >= 11 is 1.58. The second-order valence-electron chi connectivity index (χ2n) is 4.67. The summed E-state index contributed by atoms with van der Waals surface area (Å²) in [5.74, 6) is 0.503. The Labute approximate surface area is 129 Å². The van der Waals surface area contributed by atoms with E-state index < -0.39 is 0 Å². The van der Waals surface area contributed by atoms with E-state index in [1.165, 1.54) is 4.88 Å². The standard InChI is InChI=1S/C15H19N5S/c1-5-10-11(8-16)14(20-19-13(10)7-3)18-15-17-12(6-2)9(4)21-15/h5-7H2,1-4H3,(H,17,18,20). The van der Waals surface area contributed by atoms with Crippen LogP contribution < -0.4 is 5.32 Å². The molecule has 0 spiro atoms. The van der Waals surface area contributed by atoms with Crippen molar-refractivity contribution >= 4 is 22.3 Å². The minimum Gasteiger partial charge on any atom is -0.314 e. The van der Waals surface area contributed by atoms with Crippen molar-refractivity contribution in [3.63, 3.8) is 0 Å². The van der Waals surface area contributed by atoms with Gasteiger partial charge in [-0.1, -0.05) is 20.8 Å². The minimum atomic E-state index is 0.503. The maximum absolute atomic E-state index is 9.46. The SMILES string of the molecule is CCc1nc(Nc2nnc(CC)c(CC)c2C#N)sc1C. The molecule has 0 aliphatic heterocycles. The summed E-state index contributed by atoms with van der Waals surface area (Å²) in [4.78, 5) is 5.71. The van der Waals surface area contributed by atoms with E-state index in [1.807, 2.05) is 13.8 Å². The highest BCUT2D eigenvalue weighted by molar-refractivity contribution is 7.15. The molecule has 5 nitrogen and oxygen atoms in total. The fourth-order valence-electron chi connectivity index (χ4n) is 2.29. The molecule has 2 aromatic rings. The third-order valence-electron chi connectivity index (χ3n) is 3.41. The topological polar surface area (TPSA) is 74.5 Å². The smallest absolute Gasteiger partial charge is 0.188 e. The van der Waals surface area contributed by atoms with Crippen LogP contribution in [0, 0.1) is 18.3 Å². The van der Waals surface area contributed by atoms with E-state index >= 15 is 0 Å². The van der Waals surface area contributed by atoms with Crippen LogP contribution in [0.1, 0.15) is 48.2 Å². The van der Waals surface area contributed by atoms with Crippen LogP contribution >= 0.6 is 11.3 Å². The van der Waals surface area contributed by atoms with Crippen LogP contribution in [-0.2, 0) is 19.3 Å². The highest BCUT2D eigenvalue weighted by Gasteiger charge is 2.16. The predicted molar refractivity (Wildman–Crippen MR) is 85.0 cm³/mol. The number of rotatable bonds is 5. The molecule has 2 heterocycles. The zero-order valence-electron chi connectivity index (χ0n) is 12.8. The lowest BCUT2D eigenvalue weighted by atomic mass is 10.0. The summed E-state index contributed by atoms with van der Waals surface area (Å²) < 4.78 is 0. The Balaban J connectivity index is 2.42. The summed E-state index contributed by atoms with van der Waals surface area (Å²) in [7, 11) is 0. The van der Waals surface area contributed by atoms with E-state index in [1.54, 1.807) is 11.3 Å². The molecule has 0 aromatic carbocycles. The third-order valence-corrected chi connectivity index (χ3v) is 4.34. The van der Waals surface area contributed by atoms with Gasteiger partial charge in [-0.2, -0.15) is 10.4 Å². The second-order valence-corrected chi connectivity index (χ2v) is 5.87. The first-order chi connectivity index (χ1) is 10.1. The van der Waals surface area contributed by atoms with Gasteiger partial charge in [0.25, 0.3) is 0 Å². The van der Waals surface area contributed by atoms with Crippen molar-refractivity contribution < 1.29 is 0 Å². The van der Waals surface area contributed by atoms with E-state index in [0.717, 1.165) is 41.3 Å². The molecule has 0 fully saturated rings. The van der Waals surface area contributed by atoms with Crippen molar-refractivity contribution in [2.45, 2.75) is 47.0 Å². The number of aryl methyl sites for hydroxylation is 3. The molecule has 0 aliphatic carbocycles. The lowest BCUT2D eigenvalue weighted by Crippen LogP contribution is -2.07. The first kappa shape index (κ1) is 15.4. The van der Waals surface area contributed by atoms with Gasteiger partial charge in [0.2, 0.25) is 0 Å². The first-order valence-corrected chi connectivity index (χ1v) is 7.97. The summed E-state index contributed by atoms with van der Waals surface area (Å²) in [6.45, 7) is 8.19. The predicted octanol–water partition coefficient (Wildman–Crippen LogP) is 3.54. The van der Waals surface area contributed by atoms with Gasteiger partial charge < -0.3 is 5.32 Å². The van der Waals surface area contributed by atoms with Gasteiger partial charge in [-0.05, 0) is 31.7 Å². The fraction of sp³-hybridized carbons (Fsp3) is 0.467. The third kappa shape index (κ3) is 3.03. The van der Waals surface area contributed by atoms with E-state index in [0.29, 0.717) is 11.4 Å². The highest BCUT2D eigenvalue weighted by Crippen LogP contribution is 2.27. The zero-order valence-corrected chi connectivity index (χ0v) is 13.6. The van der Waals surface area contributed by atoms with Crippen molar-refractivity contribution in [1.29, 1.82) is 5.26 Å². The van der Waals surface area contributed by atoms with Gasteiger partial charge in [-0.15, -0.1) is 16.4 Å². The molecule has 0 aliphatic rings. The van der Waals surface area contributed by atoms with Crippen LogP contribution in [0.2, 0.25) is 0 Å². The number of nitrogens with zero attached hydrogens (tertiary/aromatic N) is 4. The normalized spacial score (nSPS) is 10.4. The molecule has 0 saturated heterocycles. The van der Waals surface area contributed by atoms with Gasteiger partial charge in [0.05, 0.1) is 11.4 Å². The lowest BCUT2D eigenvalue weighted by molar-refractivity contribution is 0.877. The quantitative estimate of drug-likeness (QED) is 0.914. The van der Waals surface area contributed by atoms with Crippen molar-refractivity contribution in [1.82, 2.24) is 15.2 Å². The molecular weight excluding hydrogens is 282 g/mol. The molecule has 6 heteroatoms. The van der Waals surface area contributed by atoms with Crippen LogP contribution in [-0.4, -0.2) is 15.2 Å². The number of nitrogens with one attached hydrogen (secondary N) is 1. The summed E-state index contributed by atoms with van der Waals surface area (Å²) in [6, 6.07) is 2.26. The molecule has 0 bridgehead atoms. The molecule has 1 N–H and O–H groups in total. The molecule has 0 saturated carbocycles. The van der Waals surface area contributed by atoms with Crippen LogP contribution in [0.3, 0.4) is 0 Å². The molecule has 2 rings (SSSR count). The summed E-state index contributed by atoms with van der Waals surface area (Å²) in [5, 5.41) is 21.8. The van der Waals surface area contributed by atoms with Crippen LogP contribution in [0.4, 0.5) is 10.9 Å². The molecule has 110 valence electrons. The number of hydrogen-bond donors (Lipinski definition) is 1. The Bertz CT molecular complexity index is 684. The number of thiazole rings is 1. The van der Waals surface area contributed by atoms with Crippen LogP contribution in [0.15, 0.2) is 0 Å². The monoisotopic (exact) mass is 301 g/mol. The number of hydrogen-bond acceptors (Lipinski definition) is 6. The minimum absolute atomic E-state index is 0.503. The van der Waals surface area contributed by atoms with E-state index in [4.69, 9.17) is 0 Å². The summed E-state index contributed by atoms with van der Waals surface area (Å²) in [6.07, 6.45) is 2.45. The zero-order chi connectivity index (χ0) is 15.4. The van der Waals surface area contributed by atoms with Gasteiger partial charge in [0.15, 0.2) is 10.9 Å². The van der Waals surface area contributed by atoms with Gasteiger partial charge >= 0.3 is 0 Å². The number of aromatic nitrogens is 3. The summed E-state index contributed by atoms with van der Waals surface area (Å²) in [5.41, 5.74) is 3.52. The molecule has 0 amide bonds. The molecule has 21 heavy (non-hydrogen) atoms. The number of nitriles is 1. The van der Waals surface area contributed by atoms with Gasteiger partial charge in [-0.3, -0.25) is 0 Å². The van der Waals surface area contributed by atoms with Gasteiger partial charge in [0.1, 0.15) is 11.6 Å². The van der Waals surface area contributed by atoms with Gasteiger partial charge in [-0.25, -0.2) is 4.98 Å². The second kappa shape index (κ2) is 6.64. The highest BCUT2D eigenvalue weighted by atomic mass is 32.1. The van der Waals surface area contributed by atoms with Crippen molar-refractivity contribution in [3.05, 3.63) is 27.4 Å². The van der Waals surface area contributed by atoms with E-state index in [9.17, 15) is 5.26 Å². The Hall–Kier alpha value is -2.00. The van der Waals surface area contributed by atoms with Crippen LogP contribution in [0.25, 0.3) is 0 Å². The van der Waals surface area contributed by atoms with Crippen molar-refractivity contribution in [2.24, 2.45) is 0 Å². The average molecular weight is 301 g/mol. The Morgan fingerprint density at radius 1 is 1.10 bits per heavy atom. The Morgan fingerprint density at radius 3 is 2.33 bits per heavy atom. The largest absolute Gasteiger partial charge is 0.314 e. The maximum atomic E-state index is 9.46.